The Morgan fingerprint density at radius 3 is 2.37 bits per heavy atom. The van der Waals surface area contributed by atoms with Crippen molar-refractivity contribution in [1.82, 2.24) is 4.98 Å². The topological polar surface area (TPSA) is 22.1 Å². The lowest BCUT2D eigenvalue weighted by Crippen LogP contribution is -2.28. The van der Waals surface area contributed by atoms with Gasteiger partial charge in [0, 0.05) is 16.0 Å². The second kappa shape index (κ2) is 5.95. The quantitative estimate of drug-likeness (QED) is 0.697. The fraction of sp³-hybridized carbons (Fsp3) is 0.615. The molecule has 0 N–H and O–H groups in total. The smallest absolute Gasteiger partial charge is 0.289 e. The fourth-order valence-corrected chi connectivity index (χ4v) is 3.74. The van der Waals surface area contributed by atoms with E-state index in [1.807, 2.05) is 13.1 Å². The van der Waals surface area contributed by atoms with E-state index < -0.39 is 12.5 Å². The molecule has 0 unspecified atom stereocenters. The lowest BCUT2D eigenvalue weighted by atomic mass is 9.81. The Morgan fingerprint density at radius 2 is 1.84 bits per heavy atom. The second-order valence-electron chi connectivity index (χ2n) is 4.89. The first kappa shape index (κ1) is 15.0. The summed E-state index contributed by atoms with van der Waals surface area (Å²) in [5.41, 5.74) is 2.35. The molecule has 0 amide bonds. The van der Waals surface area contributed by atoms with E-state index in [1.54, 1.807) is 6.20 Å². The number of nitrogens with zero attached hydrogens (tertiary/aromatic N) is 1. The van der Waals surface area contributed by atoms with Gasteiger partial charge in [0.1, 0.15) is 0 Å². The van der Waals surface area contributed by atoms with Crippen LogP contribution >= 0.6 is 22.6 Å². The zero-order valence-electron chi connectivity index (χ0n) is 10.5. The predicted octanol–water partition coefficient (Wildman–Crippen LogP) is 4.56. The van der Waals surface area contributed by atoms with Gasteiger partial charge in [-0.05, 0) is 72.2 Å². The first-order valence-corrected chi connectivity index (χ1v) is 7.29. The minimum Gasteiger partial charge on any atom is -0.289 e. The average molecular weight is 385 g/mol. The highest BCUT2D eigenvalue weighted by molar-refractivity contribution is 14.1. The van der Waals surface area contributed by atoms with E-state index in [4.69, 9.17) is 0 Å². The van der Waals surface area contributed by atoms with Crippen LogP contribution in [0.4, 0.5) is 13.2 Å². The SMILES string of the molecule is Cc1cncc(I)c1C1CCC(OC(F)(F)F)CC1. The molecule has 0 saturated heterocycles. The van der Waals surface area contributed by atoms with Gasteiger partial charge in [-0.3, -0.25) is 9.72 Å². The normalized spacial score (nSPS) is 24.5. The zero-order valence-corrected chi connectivity index (χ0v) is 12.7. The van der Waals surface area contributed by atoms with E-state index in [-0.39, 0.29) is 0 Å². The van der Waals surface area contributed by atoms with Crippen molar-refractivity contribution in [2.75, 3.05) is 0 Å². The minimum atomic E-state index is -4.52. The van der Waals surface area contributed by atoms with E-state index in [9.17, 15) is 13.2 Å². The number of ether oxygens (including phenoxy) is 1. The van der Waals surface area contributed by atoms with Crippen molar-refractivity contribution in [3.8, 4) is 0 Å². The van der Waals surface area contributed by atoms with Crippen molar-refractivity contribution >= 4 is 22.6 Å². The Kier molecular flexibility index (Phi) is 4.70. The first-order chi connectivity index (χ1) is 8.87. The lowest BCUT2D eigenvalue weighted by molar-refractivity contribution is -0.345. The maximum Gasteiger partial charge on any atom is 0.522 e. The lowest BCUT2D eigenvalue weighted by Gasteiger charge is -2.30. The van der Waals surface area contributed by atoms with Gasteiger partial charge in [0.05, 0.1) is 6.10 Å². The van der Waals surface area contributed by atoms with Gasteiger partial charge in [0.25, 0.3) is 0 Å². The third-order valence-corrected chi connectivity index (χ3v) is 4.38. The molecule has 6 heteroatoms. The molecule has 1 aliphatic rings. The molecule has 2 nitrogen and oxygen atoms in total. The van der Waals surface area contributed by atoms with E-state index in [1.165, 1.54) is 5.56 Å². The molecule has 2 rings (SSSR count). The molecule has 1 saturated carbocycles. The molecule has 1 aromatic rings. The van der Waals surface area contributed by atoms with E-state index in [0.717, 1.165) is 22.0 Å². The van der Waals surface area contributed by atoms with E-state index in [0.29, 0.717) is 18.8 Å². The molecule has 0 bridgehead atoms. The summed E-state index contributed by atoms with van der Waals surface area (Å²) in [5.74, 6) is 0.322. The minimum absolute atomic E-state index is 0.322. The maximum atomic E-state index is 12.2. The second-order valence-corrected chi connectivity index (χ2v) is 6.05. The zero-order chi connectivity index (χ0) is 14.0. The highest BCUT2D eigenvalue weighted by Gasteiger charge is 2.35. The summed E-state index contributed by atoms with van der Waals surface area (Å²) < 4.78 is 41.7. The molecule has 0 atom stereocenters. The Morgan fingerprint density at radius 1 is 1.21 bits per heavy atom. The van der Waals surface area contributed by atoms with Gasteiger partial charge in [0.2, 0.25) is 0 Å². The largest absolute Gasteiger partial charge is 0.522 e. The van der Waals surface area contributed by atoms with Gasteiger partial charge in [-0.25, -0.2) is 0 Å². The summed E-state index contributed by atoms with van der Waals surface area (Å²) in [7, 11) is 0. The highest BCUT2D eigenvalue weighted by atomic mass is 127. The van der Waals surface area contributed by atoms with Crippen molar-refractivity contribution in [1.29, 1.82) is 0 Å². The molecule has 0 spiro atoms. The van der Waals surface area contributed by atoms with Crippen LogP contribution in [0.3, 0.4) is 0 Å². The summed E-state index contributed by atoms with van der Waals surface area (Å²) in [6.07, 6.45) is 0.819. The molecule has 1 fully saturated rings. The van der Waals surface area contributed by atoms with Crippen LogP contribution in [0.5, 0.6) is 0 Å². The van der Waals surface area contributed by atoms with Crippen molar-refractivity contribution < 1.29 is 17.9 Å². The van der Waals surface area contributed by atoms with Gasteiger partial charge in [-0.2, -0.15) is 0 Å². The van der Waals surface area contributed by atoms with Gasteiger partial charge in [-0.15, -0.1) is 13.2 Å². The number of halogens is 4. The standard InChI is InChI=1S/C13H15F3INO/c1-8-6-18-7-11(17)12(8)9-2-4-10(5-3-9)19-13(14,15)16/h6-7,9-10H,2-5H2,1H3. The summed E-state index contributed by atoms with van der Waals surface area (Å²) in [4.78, 5) is 4.12. The third kappa shape index (κ3) is 4.05. The predicted molar refractivity (Wildman–Crippen MR) is 73.8 cm³/mol. The summed E-state index contributed by atoms with van der Waals surface area (Å²) in [5, 5.41) is 0. The van der Waals surface area contributed by atoms with Crippen LogP contribution in [0.25, 0.3) is 0 Å². The average Bonchev–Trinajstić information content (AvgIpc) is 2.29. The number of pyridine rings is 1. The van der Waals surface area contributed by atoms with Crippen LogP contribution < -0.4 is 0 Å². The molecule has 0 radical (unpaired) electrons. The van der Waals surface area contributed by atoms with Crippen molar-refractivity contribution in [2.24, 2.45) is 0 Å². The first-order valence-electron chi connectivity index (χ1n) is 6.21. The number of aryl methyl sites for hydroxylation is 1. The fourth-order valence-electron chi connectivity index (χ4n) is 2.72. The Labute approximate surface area is 123 Å². The molecule has 1 aromatic heterocycles. The molecule has 1 heterocycles. The Hall–Kier alpha value is -0.370. The summed E-state index contributed by atoms with van der Waals surface area (Å²) in [6, 6.07) is 0. The van der Waals surface area contributed by atoms with Crippen LogP contribution in [-0.4, -0.2) is 17.5 Å². The molecular formula is C13H15F3INO. The van der Waals surface area contributed by atoms with Crippen molar-refractivity contribution in [2.45, 2.75) is 51.0 Å². The highest BCUT2D eigenvalue weighted by Crippen LogP contribution is 2.38. The van der Waals surface area contributed by atoms with Crippen LogP contribution in [-0.2, 0) is 4.74 Å². The maximum absolute atomic E-state index is 12.2. The summed E-state index contributed by atoms with van der Waals surface area (Å²) >= 11 is 2.24. The van der Waals surface area contributed by atoms with Gasteiger partial charge in [0.15, 0.2) is 0 Å². The van der Waals surface area contributed by atoms with Gasteiger partial charge >= 0.3 is 6.36 Å². The molecule has 106 valence electrons. The molecule has 1 aliphatic carbocycles. The number of rotatable bonds is 2. The van der Waals surface area contributed by atoms with Crippen LogP contribution in [0.1, 0.15) is 42.7 Å². The molecular weight excluding hydrogens is 370 g/mol. The van der Waals surface area contributed by atoms with Crippen molar-refractivity contribution in [3.05, 3.63) is 27.1 Å². The molecule has 19 heavy (non-hydrogen) atoms. The number of aromatic nitrogens is 1. The number of hydrogen-bond donors (Lipinski definition) is 0. The summed E-state index contributed by atoms with van der Waals surface area (Å²) in [6.45, 7) is 2.00. The Bertz CT molecular complexity index is 422. The number of hydrogen-bond acceptors (Lipinski definition) is 2. The molecule has 0 aromatic carbocycles. The van der Waals surface area contributed by atoms with Gasteiger partial charge in [-0.1, -0.05) is 0 Å². The molecule has 0 aliphatic heterocycles. The third-order valence-electron chi connectivity index (χ3n) is 3.52. The van der Waals surface area contributed by atoms with E-state index in [2.05, 4.69) is 32.3 Å². The Balaban J connectivity index is 2.00. The van der Waals surface area contributed by atoms with Crippen LogP contribution in [0.2, 0.25) is 0 Å². The van der Waals surface area contributed by atoms with Crippen LogP contribution in [0, 0.1) is 10.5 Å². The monoisotopic (exact) mass is 385 g/mol. The van der Waals surface area contributed by atoms with Crippen LogP contribution in [0.15, 0.2) is 12.4 Å². The number of alkyl halides is 3. The van der Waals surface area contributed by atoms with E-state index >= 15 is 0 Å². The van der Waals surface area contributed by atoms with Gasteiger partial charge < -0.3 is 0 Å². The van der Waals surface area contributed by atoms with Crippen molar-refractivity contribution in [3.63, 3.8) is 0 Å².